The van der Waals surface area contributed by atoms with E-state index in [1.54, 1.807) is 0 Å². The van der Waals surface area contributed by atoms with E-state index in [-0.39, 0.29) is 0 Å². The Morgan fingerprint density at radius 3 is 2.73 bits per heavy atom. The summed E-state index contributed by atoms with van der Waals surface area (Å²) >= 11 is 0. The maximum Gasteiger partial charge on any atom is 0.0573 e. The van der Waals surface area contributed by atoms with Crippen molar-refractivity contribution in [2.24, 2.45) is 5.92 Å². The van der Waals surface area contributed by atoms with Crippen LogP contribution in [0.15, 0.2) is 24.4 Å². The third-order valence-electron chi connectivity index (χ3n) is 2.81. The molecule has 1 N–H and O–H groups in total. The van der Waals surface area contributed by atoms with Crippen molar-refractivity contribution < 1.29 is 0 Å². The summed E-state index contributed by atoms with van der Waals surface area (Å²) in [6.45, 7) is 4.56. The van der Waals surface area contributed by atoms with Crippen LogP contribution in [0.5, 0.6) is 0 Å². The summed E-state index contributed by atoms with van der Waals surface area (Å²) in [7, 11) is 2.01. The van der Waals surface area contributed by atoms with E-state index in [9.17, 15) is 0 Å². The largest absolute Gasteiger partial charge is 0.312 e. The lowest BCUT2D eigenvalue weighted by Gasteiger charge is -2.19. The Balaban J connectivity index is 2.56. The van der Waals surface area contributed by atoms with E-state index in [0.717, 1.165) is 11.6 Å². The minimum absolute atomic E-state index is 0.396. The highest BCUT2D eigenvalue weighted by atomic mass is 14.9. The lowest BCUT2D eigenvalue weighted by atomic mass is 9.95. The quantitative estimate of drug-likeness (QED) is 0.773. The Morgan fingerprint density at radius 1 is 1.40 bits per heavy atom. The zero-order valence-corrected chi connectivity index (χ0v) is 10.0. The monoisotopic (exact) mass is 206 g/mol. The zero-order valence-electron chi connectivity index (χ0n) is 10.0. The molecule has 84 valence electrons. The Morgan fingerprint density at radius 2 is 2.20 bits per heavy atom. The van der Waals surface area contributed by atoms with E-state index in [4.69, 9.17) is 0 Å². The van der Waals surface area contributed by atoms with Crippen LogP contribution in [0.25, 0.3) is 0 Å². The first-order valence-corrected chi connectivity index (χ1v) is 5.86. The summed E-state index contributed by atoms with van der Waals surface area (Å²) in [5.74, 6) is 0.759. The van der Waals surface area contributed by atoms with Gasteiger partial charge in [-0.15, -0.1) is 0 Å². The first-order chi connectivity index (χ1) is 7.27. The van der Waals surface area contributed by atoms with Crippen LogP contribution in [0.2, 0.25) is 0 Å². The molecular weight excluding hydrogens is 184 g/mol. The second-order valence-electron chi connectivity index (χ2n) is 4.23. The third kappa shape index (κ3) is 4.00. The van der Waals surface area contributed by atoms with Crippen LogP contribution in [-0.2, 0) is 0 Å². The standard InChI is InChI=1S/C13H22N2/c1-4-7-11(2)10-13(14-3)12-8-5-6-9-15-12/h5-6,8-9,11,13-14H,4,7,10H2,1-3H3. The molecule has 1 aromatic heterocycles. The fraction of sp³-hybridized carbons (Fsp3) is 0.615. The van der Waals surface area contributed by atoms with E-state index < -0.39 is 0 Å². The normalized spacial score (nSPS) is 14.9. The molecule has 0 aliphatic rings. The van der Waals surface area contributed by atoms with Gasteiger partial charge in [0.05, 0.1) is 5.69 Å². The highest BCUT2D eigenvalue weighted by Crippen LogP contribution is 2.21. The van der Waals surface area contributed by atoms with Crippen molar-refractivity contribution >= 4 is 0 Å². The van der Waals surface area contributed by atoms with Gasteiger partial charge in [-0.05, 0) is 31.5 Å². The van der Waals surface area contributed by atoms with Crippen LogP contribution >= 0.6 is 0 Å². The molecule has 0 aromatic carbocycles. The highest BCUT2D eigenvalue weighted by molar-refractivity contribution is 5.08. The van der Waals surface area contributed by atoms with Crippen LogP contribution in [0.3, 0.4) is 0 Å². The van der Waals surface area contributed by atoms with Crippen molar-refractivity contribution in [2.45, 2.75) is 39.2 Å². The van der Waals surface area contributed by atoms with Gasteiger partial charge in [-0.2, -0.15) is 0 Å². The van der Waals surface area contributed by atoms with Gasteiger partial charge in [0.2, 0.25) is 0 Å². The number of nitrogens with zero attached hydrogens (tertiary/aromatic N) is 1. The van der Waals surface area contributed by atoms with Gasteiger partial charge in [-0.3, -0.25) is 4.98 Å². The number of hydrogen-bond acceptors (Lipinski definition) is 2. The molecule has 0 saturated carbocycles. The molecule has 0 spiro atoms. The molecule has 2 nitrogen and oxygen atoms in total. The van der Waals surface area contributed by atoms with E-state index in [1.807, 2.05) is 19.3 Å². The van der Waals surface area contributed by atoms with Crippen LogP contribution in [0.1, 0.15) is 44.8 Å². The molecule has 15 heavy (non-hydrogen) atoms. The summed E-state index contributed by atoms with van der Waals surface area (Å²) in [6, 6.07) is 6.51. The Labute approximate surface area is 93.1 Å². The van der Waals surface area contributed by atoms with Crippen molar-refractivity contribution in [2.75, 3.05) is 7.05 Å². The molecule has 2 heteroatoms. The molecule has 0 radical (unpaired) electrons. The maximum atomic E-state index is 4.40. The molecule has 2 atom stereocenters. The first-order valence-electron chi connectivity index (χ1n) is 5.86. The summed E-state index contributed by atoms with van der Waals surface area (Å²) in [5, 5.41) is 3.35. The predicted octanol–water partition coefficient (Wildman–Crippen LogP) is 3.17. The number of pyridine rings is 1. The minimum Gasteiger partial charge on any atom is -0.312 e. The van der Waals surface area contributed by atoms with Crippen molar-refractivity contribution in [3.8, 4) is 0 Å². The lowest BCUT2D eigenvalue weighted by Crippen LogP contribution is -2.20. The number of aromatic nitrogens is 1. The predicted molar refractivity (Wildman–Crippen MR) is 64.7 cm³/mol. The molecule has 0 fully saturated rings. The summed E-state index contributed by atoms with van der Waals surface area (Å²) in [5.41, 5.74) is 1.16. The summed E-state index contributed by atoms with van der Waals surface area (Å²) in [4.78, 5) is 4.40. The van der Waals surface area contributed by atoms with Gasteiger partial charge < -0.3 is 5.32 Å². The van der Waals surface area contributed by atoms with Crippen molar-refractivity contribution in [3.63, 3.8) is 0 Å². The zero-order chi connectivity index (χ0) is 11.1. The number of hydrogen-bond donors (Lipinski definition) is 1. The molecule has 0 bridgehead atoms. The Hall–Kier alpha value is -0.890. The van der Waals surface area contributed by atoms with Crippen LogP contribution in [0, 0.1) is 5.92 Å². The fourth-order valence-electron chi connectivity index (χ4n) is 1.98. The third-order valence-corrected chi connectivity index (χ3v) is 2.81. The maximum absolute atomic E-state index is 4.40. The molecular formula is C13H22N2. The molecule has 0 saturated heterocycles. The van der Waals surface area contributed by atoms with Crippen LogP contribution in [-0.4, -0.2) is 12.0 Å². The van der Waals surface area contributed by atoms with E-state index in [2.05, 4.69) is 36.3 Å². The summed E-state index contributed by atoms with van der Waals surface area (Å²) in [6.07, 6.45) is 5.59. The van der Waals surface area contributed by atoms with E-state index >= 15 is 0 Å². The second kappa shape index (κ2) is 6.57. The van der Waals surface area contributed by atoms with Gasteiger partial charge in [0.25, 0.3) is 0 Å². The Bertz CT molecular complexity index is 258. The Kier molecular flexibility index (Phi) is 5.33. The molecule has 0 aliphatic carbocycles. The molecule has 1 heterocycles. The second-order valence-corrected chi connectivity index (χ2v) is 4.23. The highest BCUT2D eigenvalue weighted by Gasteiger charge is 2.13. The van der Waals surface area contributed by atoms with Crippen molar-refractivity contribution in [3.05, 3.63) is 30.1 Å². The van der Waals surface area contributed by atoms with Gasteiger partial charge in [0, 0.05) is 12.2 Å². The molecule has 1 aromatic rings. The minimum atomic E-state index is 0.396. The van der Waals surface area contributed by atoms with Gasteiger partial charge in [-0.1, -0.05) is 32.8 Å². The average Bonchev–Trinajstić information content (AvgIpc) is 2.27. The van der Waals surface area contributed by atoms with Gasteiger partial charge in [0.15, 0.2) is 0 Å². The SMILES string of the molecule is CCCC(C)CC(NC)c1ccccn1. The van der Waals surface area contributed by atoms with Crippen LogP contribution in [0.4, 0.5) is 0 Å². The lowest BCUT2D eigenvalue weighted by molar-refractivity contribution is 0.401. The number of nitrogens with one attached hydrogen (secondary N) is 1. The van der Waals surface area contributed by atoms with E-state index in [1.165, 1.54) is 19.3 Å². The topological polar surface area (TPSA) is 24.9 Å². The van der Waals surface area contributed by atoms with Gasteiger partial charge in [0.1, 0.15) is 0 Å². The molecule has 1 rings (SSSR count). The average molecular weight is 206 g/mol. The van der Waals surface area contributed by atoms with E-state index in [0.29, 0.717) is 6.04 Å². The molecule has 0 amide bonds. The van der Waals surface area contributed by atoms with Gasteiger partial charge >= 0.3 is 0 Å². The van der Waals surface area contributed by atoms with Crippen molar-refractivity contribution in [1.29, 1.82) is 0 Å². The fourth-order valence-corrected chi connectivity index (χ4v) is 1.98. The summed E-state index contributed by atoms with van der Waals surface area (Å²) < 4.78 is 0. The smallest absolute Gasteiger partial charge is 0.0573 e. The number of rotatable bonds is 6. The van der Waals surface area contributed by atoms with Gasteiger partial charge in [-0.25, -0.2) is 0 Å². The molecule has 0 aliphatic heterocycles. The first kappa shape index (κ1) is 12.2. The molecule has 2 unspecified atom stereocenters. The van der Waals surface area contributed by atoms with Crippen LogP contribution < -0.4 is 5.32 Å². The van der Waals surface area contributed by atoms with Crippen molar-refractivity contribution in [1.82, 2.24) is 10.3 Å².